The standard InChI is InChI=1S/C29H32N2O5S.C12H12INO2/c1-19-25(30-27(36-19)21-9-7-12-23(17-21)34-2)18-35-24-13-6-8-20(16-24)14-15-26-28(32)31(29(33)37-26)22-10-4-3-5-11-22;1-8-11(7-13)14-12(16-8)9-4-3-5-10(6-9)15-2/h3-5,7,9-12,17,20,24,26H,6,8,13-16,18H2,1-2H3;3-6H,7H2,1-2H3/t20-,24-,26?;/m1./s1. The van der Waals surface area contributed by atoms with Gasteiger partial charge in [0.1, 0.15) is 28.7 Å². The van der Waals surface area contributed by atoms with Crippen LogP contribution < -0.4 is 14.4 Å². The predicted octanol–water partition coefficient (Wildman–Crippen LogP) is 10.4. The third kappa shape index (κ3) is 9.70. The summed E-state index contributed by atoms with van der Waals surface area (Å²) in [5.41, 5.74) is 4.27. The van der Waals surface area contributed by atoms with Crippen molar-refractivity contribution in [2.45, 2.75) is 74.8 Å². The number of nitrogens with zero attached hydrogens (tertiary/aromatic N) is 3. The molecule has 1 unspecified atom stereocenters. The summed E-state index contributed by atoms with van der Waals surface area (Å²) in [6, 6.07) is 24.5. The van der Waals surface area contributed by atoms with Crippen molar-refractivity contribution in [3.8, 4) is 34.4 Å². The molecule has 0 N–H and O–H groups in total. The minimum Gasteiger partial charge on any atom is -0.497 e. The summed E-state index contributed by atoms with van der Waals surface area (Å²) in [7, 11) is 3.29. The summed E-state index contributed by atoms with van der Waals surface area (Å²) in [5.74, 6) is 4.81. The fraction of sp³-hybridized carbons (Fsp3) is 0.366. The summed E-state index contributed by atoms with van der Waals surface area (Å²) >= 11 is 3.44. The highest BCUT2D eigenvalue weighted by molar-refractivity contribution is 14.1. The number of benzene rings is 3. The highest BCUT2D eigenvalue weighted by atomic mass is 127. The second kappa shape index (κ2) is 18.3. The maximum atomic E-state index is 12.9. The van der Waals surface area contributed by atoms with Crippen LogP contribution in [-0.2, 0) is 20.6 Å². The number of alkyl halides is 1. The third-order valence-electron chi connectivity index (χ3n) is 9.51. The maximum Gasteiger partial charge on any atom is 0.293 e. The number of amides is 2. The molecule has 2 fully saturated rings. The third-order valence-corrected chi connectivity index (χ3v) is 11.3. The number of anilines is 1. The van der Waals surface area contributed by atoms with E-state index < -0.39 is 0 Å². The number of rotatable bonds is 12. The summed E-state index contributed by atoms with van der Waals surface area (Å²) in [4.78, 5) is 35.9. The van der Waals surface area contributed by atoms with E-state index in [1.165, 1.54) is 4.90 Å². The Morgan fingerprint density at radius 3 is 2.04 bits per heavy atom. The summed E-state index contributed by atoms with van der Waals surface area (Å²) in [6.07, 6.45) is 6.00. The van der Waals surface area contributed by atoms with E-state index in [0.717, 1.165) is 93.8 Å². The number of aromatic nitrogens is 2. The van der Waals surface area contributed by atoms with E-state index in [2.05, 4.69) is 32.6 Å². The highest BCUT2D eigenvalue weighted by Crippen LogP contribution is 2.37. The minimum atomic E-state index is -0.304. The number of hydrogen-bond donors (Lipinski definition) is 0. The van der Waals surface area contributed by atoms with Crippen molar-refractivity contribution < 1.29 is 32.6 Å². The Bertz CT molecular complexity index is 2000. The number of imide groups is 1. The molecule has 7 rings (SSSR count). The van der Waals surface area contributed by atoms with Gasteiger partial charge in [0.15, 0.2) is 0 Å². The fourth-order valence-corrected chi connectivity index (χ4v) is 8.28. The molecule has 0 spiro atoms. The molecule has 2 aliphatic rings. The maximum absolute atomic E-state index is 12.9. The van der Waals surface area contributed by atoms with Gasteiger partial charge in [-0.2, -0.15) is 0 Å². The van der Waals surface area contributed by atoms with Crippen LogP contribution >= 0.6 is 34.4 Å². The van der Waals surface area contributed by atoms with Gasteiger partial charge in [0.05, 0.1) is 43.6 Å². The number of methoxy groups -OCH3 is 2. The Hall–Kier alpha value is -4.14. The molecule has 5 aromatic rings. The molecule has 2 aromatic heterocycles. The number of carbonyl (C=O) groups is 2. The van der Waals surface area contributed by atoms with E-state index in [-0.39, 0.29) is 22.5 Å². The van der Waals surface area contributed by atoms with Crippen LogP contribution in [0.3, 0.4) is 0 Å². The lowest BCUT2D eigenvalue weighted by Crippen LogP contribution is -2.31. The molecule has 0 bridgehead atoms. The molecular formula is C41H44IN3O7S. The molecule has 1 aliphatic carbocycles. The van der Waals surface area contributed by atoms with Gasteiger partial charge in [0.2, 0.25) is 17.7 Å². The first-order chi connectivity index (χ1) is 25.8. The van der Waals surface area contributed by atoms with Crippen molar-refractivity contribution >= 4 is 51.2 Å². The van der Waals surface area contributed by atoms with Crippen molar-refractivity contribution in [1.82, 2.24) is 9.97 Å². The van der Waals surface area contributed by atoms with Crippen LogP contribution in [0, 0.1) is 19.8 Å². The predicted molar refractivity (Wildman–Crippen MR) is 215 cm³/mol. The van der Waals surface area contributed by atoms with Gasteiger partial charge in [-0.1, -0.05) is 77.5 Å². The molecule has 53 heavy (non-hydrogen) atoms. The summed E-state index contributed by atoms with van der Waals surface area (Å²) in [6.45, 7) is 4.26. The number of hydrogen-bond acceptors (Lipinski definition) is 10. The first-order valence-electron chi connectivity index (χ1n) is 17.7. The average molecular weight is 850 g/mol. The molecule has 0 radical (unpaired) electrons. The zero-order valence-electron chi connectivity index (χ0n) is 30.4. The van der Waals surface area contributed by atoms with Crippen molar-refractivity contribution in [3.05, 3.63) is 102 Å². The minimum absolute atomic E-state index is 0.0989. The van der Waals surface area contributed by atoms with Crippen molar-refractivity contribution in [1.29, 1.82) is 0 Å². The lowest BCUT2D eigenvalue weighted by molar-refractivity contribution is -0.117. The van der Waals surface area contributed by atoms with E-state index in [4.69, 9.17) is 23.0 Å². The van der Waals surface area contributed by atoms with Crippen molar-refractivity contribution in [2.75, 3.05) is 19.1 Å². The average Bonchev–Trinajstić information content (AvgIpc) is 3.86. The van der Waals surface area contributed by atoms with E-state index in [9.17, 15) is 9.59 Å². The smallest absolute Gasteiger partial charge is 0.293 e. The highest BCUT2D eigenvalue weighted by Gasteiger charge is 2.40. The van der Waals surface area contributed by atoms with Gasteiger partial charge >= 0.3 is 0 Å². The first-order valence-corrected chi connectivity index (χ1v) is 20.2. The van der Waals surface area contributed by atoms with Crippen LogP contribution in [0.2, 0.25) is 0 Å². The normalized spacial score (nSPS) is 18.5. The molecule has 1 saturated carbocycles. The second-order valence-electron chi connectivity index (χ2n) is 13.1. The Balaban J connectivity index is 0.000000250. The van der Waals surface area contributed by atoms with Crippen LogP contribution in [0.5, 0.6) is 11.5 Å². The van der Waals surface area contributed by atoms with E-state index in [0.29, 0.717) is 36.4 Å². The molecule has 3 aromatic carbocycles. The Morgan fingerprint density at radius 2 is 1.43 bits per heavy atom. The molecule has 3 heterocycles. The fourth-order valence-electron chi connectivity index (χ4n) is 6.56. The quantitative estimate of drug-likeness (QED) is 0.0887. The Morgan fingerprint density at radius 1 is 0.811 bits per heavy atom. The summed E-state index contributed by atoms with van der Waals surface area (Å²) in [5, 5.41) is -0.482. The van der Waals surface area contributed by atoms with E-state index >= 15 is 0 Å². The zero-order valence-corrected chi connectivity index (χ0v) is 33.4. The number of halogens is 1. The molecule has 10 nitrogen and oxygen atoms in total. The molecule has 278 valence electrons. The summed E-state index contributed by atoms with van der Waals surface area (Å²) < 4.78 is 29.1. The van der Waals surface area contributed by atoms with Crippen molar-refractivity contribution in [2.24, 2.45) is 5.92 Å². The monoisotopic (exact) mass is 849 g/mol. The number of para-hydroxylation sites is 1. The lowest BCUT2D eigenvalue weighted by atomic mass is 9.84. The number of carbonyl (C=O) groups excluding carboxylic acids is 2. The SMILES string of the molecule is COc1cccc(-c2nc(CI)c(C)o2)c1.COc1cccc(-c2nc(CO[C@@H]3CCC[C@H](CCC4SC(=O)N(c5ccccc5)C4=O)C3)c(C)o2)c1. The number of oxazole rings is 2. The van der Waals surface area contributed by atoms with Crippen LogP contribution in [0.1, 0.15) is 61.4 Å². The molecule has 3 atom stereocenters. The first kappa shape index (κ1) is 38.6. The van der Waals surface area contributed by atoms with Crippen LogP contribution in [0.15, 0.2) is 87.7 Å². The molecule has 1 saturated heterocycles. The molecule has 1 aliphatic heterocycles. The van der Waals surface area contributed by atoms with Gasteiger partial charge in [0.25, 0.3) is 5.24 Å². The van der Waals surface area contributed by atoms with Gasteiger partial charge in [0, 0.05) is 15.6 Å². The number of thioether (sulfide) groups is 1. The number of aryl methyl sites for hydroxylation is 2. The van der Waals surface area contributed by atoms with Gasteiger partial charge in [-0.05, 0) is 94.0 Å². The van der Waals surface area contributed by atoms with Crippen LogP contribution in [0.4, 0.5) is 10.5 Å². The van der Waals surface area contributed by atoms with Crippen LogP contribution in [0.25, 0.3) is 22.9 Å². The topological polar surface area (TPSA) is 117 Å². The number of ether oxygens (including phenoxy) is 3. The Kier molecular flexibility index (Phi) is 13.3. The van der Waals surface area contributed by atoms with E-state index in [1.807, 2.05) is 80.6 Å². The molecule has 2 amide bonds. The van der Waals surface area contributed by atoms with Crippen LogP contribution in [-0.4, -0.2) is 46.7 Å². The molecular weight excluding hydrogens is 805 g/mol. The van der Waals surface area contributed by atoms with Gasteiger partial charge in [-0.25, -0.2) is 14.9 Å². The van der Waals surface area contributed by atoms with Gasteiger partial charge in [-0.3, -0.25) is 9.59 Å². The second-order valence-corrected chi connectivity index (χ2v) is 15.0. The van der Waals surface area contributed by atoms with Crippen molar-refractivity contribution in [3.63, 3.8) is 0 Å². The molecule has 12 heteroatoms. The van der Waals surface area contributed by atoms with Gasteiger partial charge < -0.3 is 23.0 Å². The lowest BCUT2D eigenvalue weighted by Gasteiger charge is -2.29. The Labute approximate surface area is 328 Å². The zero-order chi connectivity index (χ0) is 37.3. The van der Waals surface area contributed by atoms with E-state index in [1.54, 1.807) is 26.4 Å². The van der Waals surface area contributed by atoms with Gasteiger partial charge in [-0.15, -0.1) is 0 Å². The largest absolute Gasteiger partial charge is 0.497 e.